The second-order valence-corrected chi connectivity index (χ2v) is 47.4. The van der Waals surface area contributed by atoms with Gasteiger partial charge in [-0.05, 0) is 0 Å². The molecule has 0 radical (unpaired) electrons. The summed E-state index contributed by atoms with van der Waals surface area (Å²) in [5, 5.41) is 0. The van der Waals surface area contributed by atoms with Crippen LogP contribution in [0.3, 0.4) is 0 Å². The summed E-state index contributed by atoms with van der Waals surface area (Å²) in [6.45, 7) is 0. The molecular weight excluding hydrogens is 2060 g/mol. The Kier molecular flexibility index (Phi) is 31.2. The molecule has 0 aromatic heterocycles. The molecule has 0 spiro atoms. The van der Waals surface area contributed by atoms with Crippen molar-refractivity contribution >= 4 is 580 Å². The molecule has 0 fully saturated rings. The number of hydrogen-bond donors (Lipinski definition) is 0. The van der Waals surface area contributed by atoms with Gasteiger partial charge < -0.3 is 0 Å². The van der Waals surface area contributed by atoms with Gasteiger partial charge in [0, 0.05) is 0 Å². The van der Waals surface area contributed by atoms with Crippen LogP contribution in [0.4, 0.5) is 0 Å². The zero-order valence-electron chi connectivity index (χ0n) is 30.9. The minimum atomic E-state index is -3.91. The molecule has 0 saturated heterocycles. The Morgan fingerprint density at radius 3 is 0.149 bits per heavy atom. The third kappa shape index (κ3) is 12.9. The first kappa shape index (κ1) is 88.5. The molecule has 0 aromatic rings. The summed E-state index contributed by atoms with van der Waals surface area (Å²) < 4.78 is -87.1. The van der Waals surface area contributed by atoms with Crippen LogP contribution in [-0.2, 0) is 0 Å². The molecule has 0 nitrogen and oxygen atoms in total. The fourth-order valence-electron chi connectivity index (χ4n) is 4.30. The van der Waals surface area contributed by atoms with Crippen LogP contribution in [0.1, 0.15) is 0 Å². The predicted molar refractivity (Wildman–Crippen MR) is 358 cm³/mol. The monoisotopic (exact) mass is 2040 g/mol. The zero-order valence-corrected chi connectivity index (χ0v) is 68.7. The summed E-state index contributed by atoms with van der Waals surface area (Å²) in [5.74, 6) is 0. The molecule has 0 aliphatic rings. The Bertz CT molecular complexity index is 1880. The second-order valence-electron chi connectivity index (χ2n) is 13.6. The van der Waals surface area contributed by atoms with E-state index in [0.717, 1.165) is 0 Å². The van der Waals surface area contributed by atoms with Crippen LogP contribution in [0.2, 0.25) is 0 Å². The van der Waals surface area contributed by atoms with E-state index in [1.807, 2.05) is 0 Å². The van der Waals surface area contributed by atoms with E-state index in [-0.39, 0.29) is 0 Å². The van der Waals surface area contributed by atoms with Crippen molar-refractivity contribution in [3.8, 4) is 0 Å². The SMILES string of the molecule is ClC(Cl)(Cl)C(Cl)(Cl)C(Cl)(Cl)C(Cl)(Cl)C(Cl)(Cl)C(Cl)(Cl)C(Cl)(Cl)C(Cl)(Cl)C(Cl)(Cl)C(Cl)(Cl)C(Cl)(Cl)C(Cl)(Cl)C(Cl)(Cl)C(Cl)(Cl)C(Cl)(Cl)C(Cl)(Cl)C(Cl)(Cl)C(Cl)(Cl)C(Cl)(Cl)C(Cl)(Cl)C(Cl)(Cl)C(Cl)(Cl)C(Cl)(Cl)C(Cl)(Cl)Cl. The fraction of sp³-hybridized carbons (Fsp3) is 1.00. The lowest BCUT2D eigenvalue weighted by Crippen LogP contribution is -2.77. The highest BCUT2D eigenvalue weighted by Gasteiger charge is 2.90. The minimum absolute atomic E-state index is 2.94. The highest BCUT2D eigenvalue weighted by atomic mass is 35.6. The number of rotatable bonds is 21. The zero-order chi connectivity index (χ0) is 62.0. The van der Waals surface area contributed by atoms with Gasteiger partial charge in [-0.1, -0.05) is 580 Å². The maximum Gasteiger partial charge on any atom is 0.226 e. The lowest BCUT2D eigenvalue weighted by molar-refractivity contribution is 0.382. The first-order chi connectivity index (χ1) is 30.8. The number of alkyl halides is 50. The standard InChI is InChI=1S/C24Cl50/c25-1(26,3(29,30)5(33,34)7(37,38)9(41,42)11(45,46)13(49,50)15(53,54)17(57,58)19(61,62)21(65,66)23(69,70)71)2(27,28)4(31,32)6(35,36)8(39,40)10(43,44)12(47,48)14(51,52)16(55,56)18(59,60)20(63,64)22(67,68)24(72,73)74. The van der Waals surface area contributed by atoms with Gasteiger partial charge >= 0.3 is 0 Å². The van der Waals surface area contributed by atoms with Crippen LogP contribution in [0.15, 0.2) is 0 Å². The van der Waals surface area contributed by atoms with Crippen LogP contribution in [0.5, 0.6) is 0 Å². The Hall–Kier alpha value is 14.5. The van der Waals surface area contributed by atoms with E-state index in [9.17, 15) is 0 Å². The van der Waals surface area contributed by atoms with E-state index in [1.54, 1.807) is 0 Å². The first-order valence-corrected chi connectivity index (χ1v) is 34.1. The molecule has 446 valence electrons. The Morgan fingerprint density at radius 1 is 0.0676 bits per heavy atom. The van der Waals surface area contributed by atoms with Crippen LogP contribution in [0.25, 0.3) is 0 Å². The molecule has 0 aliphatic carbocycles. The summed E-state index contributed by atoms with van der Waals surface area (Å²) >= 11 is 323. The van der Waals surface area contributed by atoms with Crippen molar-refractivity contribution < 1.29 is 0 Å². The highest BCUT2D eigenvalue weighted by Crippen LogP contribution is 2.81. The molecule has 0 atom stereocenters. The molecule has 0 amide bonds. The molecule has 0 heterocycles. The first-order valence-electron chi connectivity index (χ1n) is 15.2. The van der Waals surface area contributed by atoms with Gasteiger partial charge in [0.05, 0.1) is 0 Å². The number of hydrogen-bond acceptors (Lipinski definition) is 0. The average Bonchev–Trinajstić information content (AvgIpc) is 3.15. The third-order valence-electron chi connectivity index (χ3n) is 8.99. The smallest absolute Gasteiger partial charge is 0.0946 e. The van der Waals surface area contributed by atoms with Crippen molar-refractivity contribution in [3.05, 3.63) is 0 Å². The van der Waals surface area contributed by atoms with Crippen LogP contribution in [0, 0.1) is 0 Å². The van der Waals surface area contributed by atoms with Gasteiger partial charge in [0.25, 0.3) is 0 Å². The predicted octanol–water partition coefficient (Wildman–Crippen LogP) is 29.6. The van der Waals surface area contributed by atoms with Crippen molar-refractivity contribution in [3.63, 3.8) is 0 Å². The summed E-state index contributed by atoms with van der Waals surface area (Å²) in [6.07, 6.45) is 0. The Balaban J connectivity index is 8.18. The van der Waals surface area contributed by atoms with Gasteiger partial charge in [-0.2, -0.15) is 0 Å². The van der Waals surface area contributed by atoms with E-state index < -0.39 is 103 Å². The molecule has 0 aromatic carbocycles. The number of halogens is 50. The van der Waals surface area contributed by atoms with Gasteiger partial charge in [-0.15, -0.1) is 0 Å². The third-order valence-corrected chi connectivity index (χ3v) is 44.9. The van der Waals surface area contributed by atoms with Crippen molar-refractivity contribution in [2.45, 2.75) is 103 Å². The molecule has 50 heteroatoms. The van der Waals surface area contributed by atoms with Crippen molar-refractivity contribution in [1.82, 2.24) is 0 Å². The highest BCUT2D eigenvalue weighted by molar-refractivity contribution is 6.89. The van der Waals surface area contributed by atoms with E-state index in [0.29, 0.717) is 0 Å². The van der Waals surface area contributed by atoms with Gasteiger partial charge in [0.2, 0.25) is 16.3 Å². The molecule has 0 saturated carbocycles. The maximum absolute atomic E-state index is 6.68. The second kappa shape index (κ2) is 26.1. The fourth-order valence-corrected chi connectivity index (χ4v) is 21.5. The van der Waals surface area contributed by atoms with Crippen LogP contribution < -0.4 is 0 Å². The van der Waals surface area contributed by atoms with Gasteiger partial charge in [-0.25, -0.2) is 0 Å². The topological polar surface area (TPSA) is 0 Å². The normalized spacial score (nSPS) is 17.6. The van der Waals surface area contributed by atoms with Crippen LogP contribution >= 0.6 is 580 Å². The quantitative estimate of drug-likeness (QED) is 0.101. The van der Waals surface area contributed by atoms with E-state index in [1.165, 1.54) is 0 Å². The van der Waals surface area contributed by atoms with Gasteiger partial charge in [-0.3, -0.25) is 0 Å². The molecule has 0 bridgehead atoms. The van der Waals surface area contributed by atoms with E-state index in [4.69, 9.17) is 580 Å². The van der Waals surface area contributed by atoms with E-state index >= 15 is 0 Å². The van der Waals surface area contributed by atoms with Crippen molar-refractivity contribution in [2.75, 3.05) is 0 Å². The molecule has 0 aliphatic heterocycles. The van der Waals surface area contributed by atoms with Crippen molar-refractivity contribution in [1.29, 1.82) is 0 Å². The lowest BCUT2D eigenvalue weighted by Gasteiger charge is -2.59. The average molecular weight is 2060 g/mol. The minimum Gasteiger partial charge on any atom is -0.0946 e. The largest absolute Gasteiger partial charge is 0.226 e. The molecule has 74 heavy (non-hydrogen) atoms. The van der Waals surface area contributed by atoms with Crippen molar-refractivity contribution in [2.24, 2.45) is 0 Å². The Labute approximate surface area is 670 Å². The summed E-state index contributed by atoms with van der Waals surface area (Å²) in [7, 11) is 0. The summed E-state index contributed by atoms with van der Waals surface area (Å²) in [5.41, 5.74) is 0. The van der Waals surface area contributed by atoms with Gasteiger partial charge in [0.15, 0.2) is 86.7 Å². The van der Waals surface area contributed by atoms with Crippen LogP contribution in [-0.4, -0.2) is 103 Å². The molecule has 0 rings (SSSR count). The summed E-state index contributed by atoms with van der Waals surface area (Å²) in [6, 6.07) is 0. The lowest BCUT2D eigenvalue weighted by atomic mass is 9.95. The molecular formula is C24Cl50. The Morgan fingerprint density at radius 2 is 0.108 bits per heavy atom. The molecule has 0 N–H and O–H groups in total. The maximum atomic E-state index is 6.68. The van der Waals surface area contributed by atoms with Gasteiger partial charge in [0.1, 0.15) is 0 Å². The molecule has 0 unspecified atom stereocenters. The van der Waals surface area contributed by atoms with E-state index in [2.05, 4.69) is 0 Å². The summed E-state index contributed by atoms with van der Waals surface area (Å²) in [4.78, 5) is 0.